The van der Waals surface area contributed by atoms with Crippen LogP contribution in [0.25, 0.3) is 0 Å². The van der Waals surface area contributed by atoms with E-state index >= 15 is 0 Å². The van der Waals surface area contributed by atoms with Gasteiger partial charge in [0.1, 0.15) is 5.15 Å². The molecule has 0 saturated carbocycles. The zero-order chi connectivity index (χ0) is 8.97. The summed E-state index contributed by atoms with van der Waals surface area (Å²) in [5.74, 6) is 2.56. The van der Waals surface area contributed by atoms with Crippen molar-refractivity contribution in [1.82, 2.24) is 4.98 Å². The van der Waals surface area contributed by atoms with E-state index in [-0.39, 0.29) is 0 Å². The van der Waals surface area contributed by atoms with E-state index in [2.05, 4.69) is 26.8 Å². The summed E-state index contributed by atoms with van der Waals surface area (Å²) in [4.78, 5) is 3.98. The first-order valence-electron chi connectivity index (χ1n) is 3.47. The van der Waals surface area contributed by atoms with Crippen LogP contribution in [0.15, 0.2) is 16.7 Å². The van der Waals surface area contributed by atoms with Gasteiger partial charge in [-0.15, -0.1) is 12.3 Å². The number of hydrogen-bond donors (Lipinski definition) is 0. The fourth-order valence-corrected chi connectivity index (χ4v) is 1.42. The lowest BCUT2D eigenvalue weighted by molar-refractivity contribution is 1.01. The number of nitrogens with zero attached hydrogens (tertiary/aromatic N) is 1. The summed E-state index contributed by atoms with van der Waals surface area (Å²) >= 11 is 9.15. The SMILES string of the molecule is C#CCCc1cc(Br)cnc1Cl. The Labute approximate surface area is 85.3 Å². The molecular formula is C9H7BrClN. The summed E-state index contributed by atoms with van der Waals surface area (Å²) < 4.78 is 0.930. The molecule has 1 aromatic rings. The highest BCUT2D eigenvalue weighted by atomic mass is 79.9. The second-order valence-corrected chi connectivity index (χ2v) is 3.58. The fraction of sp³-hybridized carbons (Fsp3) is 0.222. The molecule has 1 rings (SSSR count). The monoisotopic (exact) mass is 243 g/mol. The van der Waals surface area contributed by atoms with E-state index in [1.807, 2.05) is 6.07 Å². The zero-order valence-corrected chi connectivity index (χ0v) is 8.69. The van der Waals surface area contributed by atoms with Crippen molar-refractivity contribution >= 4 is 27.5 Å². The third-order valence-corrected chi connectivity index (χ3v) is 2.19. The summed E-state index contributed by atoms with van der Waals surface area (Å²) in [6, 6.07) is 1.94. The molecule has 1 nitrogen and oxygen atoms in total. The predicted molar refractivity (Wildman–Crippen MR) is 54.1 cm³/mol. The van der Waals surface area contributed by atoms with Crippen molar-refractivity contribution in [3.05, 3.63) is 27.5 Å². The summed E-state index contributed by atoms with van der Waals surface area (Å²) in [5.41, 5.74) is 0.990. The van der Waals surface area contributed by atoms with Crippen LogP contribution in [0.5, 0.6) is 0 Å². The highest BCUT2D eigenvalue weighted by molar-refractivity contribution is 9.10. The van der Waals surface area contributed by atoms with Crippen LogP contribution in [0.3, 0.4) is 0 Å². The lowest BCUT2D eigenvalue weighted by Crippen LogP contribution is -1.88. The van der Waals surface area contributed by atoms with Crippen molar-refractivity contribution in [2.24, 2.45) is 0 Å². The lowest BCUT2D eigenvalue weighted by atomic mass is 10.2. The van der Waals surface area contributed by atoms with E-state index in [0.717, 1.165) is 16.5 Å². The van der Waals surface area contributed by atoms with E-state index in [0.29, 0.717) is 11.6 Å². The molecule has 1 aromatic heterocycles. The number of aryl methyl sites for hydroxylation is 1. The molecule has 0 radical (unpaired) electrons. The van der Waals surface area contributed by atoms with Crippen LogP contribution < -0.4 is 0 Å². The van der Waals surface area contributed by atoms with Gasteiger partial charge in [0.2, 0.25) is 0 Å². The molecular weight excluding hydrogens is 237 g/mol. The molecule has 0 unspecified atom stereocenters. The molecule has 0 bridgehead atoms. The van der Waals surface area contributed by atoms with E-state index in [4.69, 9.17) is 18.0 Å². The molecule has 0 spiro atoms. The number of rotatable bonds is 2. The molecule has 0 atom stereocenters. The van der Waals surface area contributed by atoms with Gasteiger partial charge < -0.3 is 0 Å². The Bertz CT molecular complexity index is 317. The van der Waals surface area contributed by atoms with Crippen LogP contribution in [0.1, 0.15) is 12.0 Å². The van der Waals surface area contributed by atoms with Crippen molar-refractivity contribution in [3.8, 4) is 12.3 Å². The van der Waals surface area contributed by atoms with Crippen LogP contribution >= 0.6 is 27.5 Å². The molecule has 0 fully saturated rings. The van der Waals surface area contributed by atoms with E-state index in [1.165, 1.54) is 0 Å². The van der Waals surface area contributed by atoms with Gasteiger partial charge in [-0.3, -0.25) is 0 Å². The molecule has 0 aromatic carbocycles. The molecule has 62 valence electrons. The first-order valence-corrected chi connectivity index (χ1v) is 4.64. The largest absolute Gasteiger partial charge is 0.243 e. The Hall–Kier alpha value is -0.520. The molecule has 0 aliphatic carbocycles. The van der Waals surface area contributed by atoms with Crippen LogP contribution in [0.2, 0.25) is 5.15 Å². The number of halogens is 2. The summed E-state index contributed by atoms with van der Waals surface area (Å²) in [6.07, 6.45) is 8.28. The topological polar surface area (TPSA) is 12.9 Å². The Morgan fingerprint density at radius 2 is 2.42 bits per heavy atom. The molecule has 0 saturated heterocycles. The standard InChI is InChI=1S/C9H7BrClN/c1-2-3-4-7-5-8(10)6-12-9(7)11/h1,5-6H,3-4H2. The Morgan fingerprint density at radius 3 is 3.08 bits per heavy atom. The van der Waals surface area contributed by atoms with Crippen LogP contribution in [0, 0.1) is 12.3 Å². The van der Waals surface area contributed by atoms with E-state index in [1.54, 1.807) is 6.20 Å². The number of pyridine rings is 1. The maximum Gasteiger partial charge on any atom is 0.132 e. The predicted octanol–water partition coefficient (Wildman–Crippen LogP) is 3.06. The molecule has 1 heterocycles. The van der Waals surface area contributed by atoms with E-state index in [9.17, 15) is 0 Å². The Kier molecular flexibility index (Phi) is 3.58. The Balaban J connectivity index is 2.84. The van der Waals surface area contributed by atoms with Gasteiger partial charge in [-0.2, -0.15) is 0 Å². The average Bonchev–Trinajstić information content (AvgIpc) is 2.07. The third-order valence-electron chi connectivity index (χ3n) is 1.42. The first-order chi connectivity index (χ1) is 5.74. The van der Waals surface area contributed by atoms with Crippen molar-refractivity contribution < 1.29 is 0 Å². The van der Waals surface area contributed by atoms with Gasteiger partial charge in [-0.25, -0.2) is 4.98 Å². The van der Waals surface area contributed by atoms with Gasteiger partial charge in [-0.05, 0) is 34.0 Å². The Morgan fingerprint density at radius 1 is 1.67 bits per heavy atom. The first kappa shape index (κ1) is 9.57. The minimum atomic E-state index is 0.536. The second kappa shape index (κ2) is 4.49. The van der Waals surface area contributed by atoms with Gasteiger partial charge >= 0.3 is 0 Å². The lowest BCUT2D eigenvalue weighted by Gasteiger charge is -2.00. The average molecular weight is 245 g/mol. The summed E-state index contributed by atoms with van der Waals surface area (Å²) in [7, 11) is 0. The summed E-state index contributed by atoms with van der Waals surface area (Å²) in [6.45, 7) is 0. The van der Waals surface area contributed by atoms with Gasteiger partial charge in [0.15, 0.2) is 0 Å². The van der Waals surface area contributed by atoms with Gasteiger partial charge in [0.25, 0.3) is 0 Å². The number of hydrogen-bond acceptors (Lipinski definition) is 1. The molecule has 0 aliphatic heterocycles. The van der Waals surface area contributed by atoms with Gasteiger partial charge in [0.05, 0.1) is 0 Å². The van der Waals surface area contributed by atoms with Crippen molar-refractivity contribution in [2.45, 2.75) is 12.8 Å². The number of terminal acetylenes is 1. The van der Waals surface area contributed by atoms with Crippen LogP contribution in [-0.2, 0) is 6.42 Å². The molecule has 0 amide bonds. The minimum Gasteiger partial charge on any atom is -0.243 e. The van der Waals surface area contributed by atoms with E-state index < -0.39 is 0 Å². The highest BCUT2D eigenvalue weighted by Gasteiger charge is 2.00. The smallest absolute Gasteiger partial charge is 0.132 e. The van der Waals surface area contributed by atoms with Gasteiger partial charge in [-0.1, -0.05) is 11.6 Å². The van der Waals surface area contributed by atoms with Crippen LogP contribution in [0.4, 0.5) is 0 Å². The van der Waals surface area contributed by atoms with Crippen molar-refractivity contribution in [2.75, 3.05) is 0 Å². The maximum atomic E-state index is 5.83. The normalized spacial score (nSPS) is 9.42. The molecule has 3 heteroatoms. The minimum absolute atomic E-state index is 0.536. The van der Waals surface area contributed by atoms with Crippen molar-refractivity contribution in [3.63, 3.8) is 0 Å². The third kappa shape index (κ3) is 2.51. The van der Waals surface area contributed by atoms with Crippen molar-refractivity contribution in [1.29, 1.82) is 0 Å². The van der Waals surface area contributed by atoms with Crippen LogP contribution in [-0.4, -0.2) is 4.98 Å². The molecule has 0 aliphatic rings. The molecule has 12 heavy (non-hydrogen) atoms. The zero-order valence-electron chi connectivity index (χ0n) is 6.35. The highest BCUT2D eigenvalue weighted by Crippen LogP contribution is 2.18. The molecule has 0 N–H and O–H groups in total. The fourth-order valence-electron chi connectivity index (χ4n) is 0.847. The van der Waals surface area contributed by atoms with Gasteiger partial charge in [0, 0.05) is 17.1 Å². The quantitative estimate of drug-likeness (QED) is 0.575. The maximum absolute atomic E-state index is 5.83. The number of aromatic nitrogens is 1. The second-order valence-electron chi connectivity index (χ2n) is 2.31. The summed E-state index contributed by atoms with van der Waals surface area (Å²) in [5, 5.41) is 0.536.